The smallest absolute Gasteiger partial charge is 0.255 e. The van der Waals surface area contributed by atoms with Crippen molar-refractivity contribution in [3.8, 4) is 22.4 Å². The number of aromatic nitrogens is 2. The zero-order valence-corrected chi connectivity index (χ0v) is 11.3. The highest BCUT2D eigenvalue weighted by atomic mass is 35.5. The molecule has 0 amide bonds. The molecule has 4 heteroatoms. The third kappa shape index (κ3) is 2.36. The molecular weight excluding hydrogens is 272 g/mol. The van der Waals surface area contributed by atoms with Crippen LogP contribution in [0.15, 0.2) is 65.7 Å². The van der Waals surface area contributed by atoms with E-state index in [9.17, 15) is 4.79 Å². The summed E-state index contributed by atoms with van der Waals surface area (Å²) in [4.78, 5) is 19.0. The molecule has 0 aliphatic carbocycles. The van der Waals surface area contributed by atoms with Crippen molar-refractivity contribution in [1.82, 2.24) is 9.97 Å². The number of halogens is 1. The molecule has 98 valence electrons. The van der Waals surface area contributed by atoms with Crippen molar-refractivity contribution in [1.29, 1.82) is 0 Å². The molecule has 0 aliphatic heterocycles. The largest absolute Gasteiger partial charge is 0.328 e. The van der Waals surface area contributed by atoms with E-state index in [1.165, 1.54) is 0 Å². The lowest BCUT2D eigenvalue weighted by Gasteiger charge is -2.06. The van der Waals surface area contributed by atoms with Crippen LogP contribution in [-0.2, 0) is 0 Å². The number of hydrogen-bond donors (Lipinski definition) is 1. The van der Waals surface area contributed by atoms with Gasteiger partial charge in [-0.3, -0.25) is 9.78 Å². The second-order valence-corrected chi connectivity index (χ2v) is 4.73. The molecule has 0 atom stereocenters. The Bertz CT molecular complexity index is 797. The van der Waals surface area contributed by atoms with Crippen molar-refractivity contribution in [3.63, 3.8) is 0 Å². The third-order valence-corrected chi connectivity index (χ3v) is 3.36. The Morgan fingerprint density at radius 1 is 1.00 bits per heavy atom. The second-order valence-electron chi connectivity index (χ2n) is 4.33. The summed E-state index contributed by atoms with van der Waals surface area (Å²) in [5.41, 5.74) is 2.74. The van der Waals surface area contributed by atoms with Crippen molar-refractivity contribution in [3.05, 3.63) is 76.3 Å². The molecule has 3 nitrogen and oxygen atoms in total. The van der Waals surface area contributed by atoms with Crippen LogP contribution in [0.1, 0.15) is 0 Å². The molecule has 3 aromatic rings. The molecule has 1 aromatic carbocycles. The highest BCUT2D eigenvalue weighted by Gasteiger charge is 2.09. The van der Waals surface area contributed by atoms with Crippen LogP contribution in [0.5, 0.6) is 0 Å². The number of hydrogen-bond acceptors (Lipinski definition) is 2. The second kappa shape index (κ2) is 5.31. The van der Waals surface area contributed by atoms with Crippen LogP contribution in [0.3, 0.4) is 0 Å². The van der Waals surface area contributed by atoms with Crippen LogP contribution in [0, 0.1) is 0 Å². The highest BCUT2D eigenvalue weighted by Crippen LogP contribution is 2.27. The highest BCUT2D eigenvalue weighted by molar-refractivity contribution is 6.33. The van der Waals surface area contributed by atoms with Gasteiger partial charge in [-0.05, 0) is 24.3 Å². The molecule has 2 heterocycles. The quantitative estimate of drug-likeness (QED) is 0.778. The van der Waals surface area contributed by atoms with E-state index in [0.717, 1.165) is 11.3 Å². The van der Waals surface area contributed by atoms with Gasteiger partial charge in [0, 0.05) is 34.1 Å². The molecule has 0 bridgehead atoms. The summed E-state index contributed by atoms with van der Waals surface area (Å²) < 4.78 is 0. The Hall–Kier alpha value is -2.39. The summed E-state index contributed by atoms with van der Waals surface area (Å²) in [6, 6.07) is 14.7. The van der Waals surface area contributed by atoms with Gasteiger partial charge in [0.25, 0.3) is 5.56 Å². The molecule has 0 saturated carbocycles. The maximum Gasteiger partial charge on any atom is 0.255 e. The van der Waals surface area contributed by atoms with Gasteiger partial charge < -0.3 is 4.98 Å². The zero-order chi connectivity index (χ0) is 13.9. The van der Waals surface area contributed by atoms with Crippen molar-refractivity contribution >= 4 is 11.6 Å². The third-order valence-electron chi connectivity index (χ3n) is 3.03. The summed E-state index contributed by atoms with van der Waals surface area (Å²) >= 11 is 6.16. The molecule has 1 N–H and O–H groups in total. The fourth-order valence-corrected chi connectivity index (χ4v) is 2.28. The van der Waals surface area contributed by atoms with E-state index in [4.69, 9.17) is 11.6 Å². The van der Waals surface area contributed by atoms with Crippen molar-refractivity contribution in [2.75, 3.05) is 0 Å². The van der Waals surface area contributed by atoms with E-state index in [-0.39, 0.29) is 5.56 Å². The lowest BCUT2D eigenvalue weighted by Crippen LogP contribution is -2.08. The summed E-state index contributed by atoms with van der Waals surface area (Å²) in [5.74, 6) is 0. The average Bonchev–Trinajstić information content (AvgIpc) is 2.49. The van der Waals surface area contributed by atoms with Crippen molar-refractivity contribution < 1.29 is 0 Å². The fourth-order valence-electron chi connectivity index (χ4n) is 2.04. The SMILES string of the molecule is O=c1[nH]cc(-c2ccccn2)cc1-c1ccccc1Cl. The summed E-state index contributed by atoms with van der Waals surface area (Å²) in [5, 5.41) is 0.552. The number of nitrogens with zero attached hydrogens (tertiary/aromatic N) is 1. The van der Waals surface area contributed by atoms with Gasteiger partial charge in [-0.25, -0.2) is 0 Å². The van der Waals surface area contributed by atoms with Crippen LogP contribution in [0.2, 0.25) is 5.02 Å². The molecule has 20 heavy (non-hydrogen) atoms. The molecule has 0 spiro atoms. The minimum atomic E-state index is -0.169. The monoisotopic (exact) mass is 282 g/mol. The normalized spacial score (nSPS) is 10.4. The lowest BCUT2D eigenvalue weighted by molar-refractivity contribution is 1.22. The fraction of sp³-hybridized carbons (Fsp3) is 0. The van der Waals surface area contributed by atoms with Gasteiger partial charge in [0.15, 0.2) is 0 Å². The first-order valence-corrected chi connectivity index (χ1v) is 6.52. The van der Waals surface area contributed by atoms with Gasteiger partial charge in [-0.1, -0.05) is 35.9 Å². The van der Waals surface area contributed by atoms with E-state index in [1.807, 2.05) is 42.5 Å². The van der Waals surface area contributed by atoms with Crippen LogP contribution in [-0.4, -0.2) is 9.97 Å². The van der Waals surface area contributed by atoms with Gasteiger partial charge in [0.1, 0.15) is 0 Å². The number of nitrogens with one attached hydrogen (secondary N) is 1. The number of pyridine rings is 2. The van der Waals surface area contributed by atoms with Gasteiger partial charge >= 0.3 is 0 Å². The summed E-state index contributed by atoms with van der Waals surface area (Å²) in [6.07, 6.45) is 3.38. The summed E-state index contributed by atoms with van der Waals surface area (Å²) in [6.45, 7) is 0. The molecule has 0 fully saturated rings. The first-order valence-electron chi connectivity index (χ1n) is 6.15. The standard InChI is InChI=1S/C16H11ClN2O/c17-14-6-2-1-5-12(14)13-9-11(10-19-16(13)20)15-7-3-4-8-18-15/h1-10H,(H,19,20). The minimum absolute atomic E-state index is 0.169. The molecule has 2 aromatic heterocycles. The first kappa shape index (κ1) is 12.6. The van der Waals surface area contributed by atoms with Gasteiger partial charge in [0.2, 0.25) is 0 Å². The Morgan fingerprint density at radius 2 is 1.80 bits per heavy atom. The number of rotatable bonds is 2. The van der Waals surface area contributed by atoms with Crippen LogP contribution in [0.25, 0.3) is 22.4 Å². The predicted octanol–water partition coefficient (Wildman–Crippen LogP) is 3.76. The predicted molar refractivity (Wildman–Crippen MR) is 80.7 cm³/mol. The number of benzene rings is 1. The van der Waals surface area contributed by atoms with Gasteiger partial charge in [0.05, 0.1) is 5.69 Å². The van der Waals surface area contributed by atoms with E-state index < -0.39 is 0 Å². The van der Waals surface area contributed by atoms with Gasteiger partial charge in [-0.15, -0.1) is 0 Å². The number of aromatic amines is 1. The van der Waals surface area contributed by atoms with Crippen LogP contribution >= 0.6 is 11.6 Å². The number of H-pyrrole nitrogens is 1. The Morgan fingerprint density at radius 3 is 2.55 bits per heavy atom. The maximum absolute atomic E-state index is 12.0. The summed E-state index contributed by atoms with van der Waals surface area (Å²) in [7, 11) is 0. The van der Waals surface area contributed by atoms with Crippen molar-refractivity contribution in [2.24, 2.45) is 0 Å². The topological polar surface area (TPSA) is 45.8 Å². The maximum atomic E-state index is 12.0. The molecule has 0 saturated heterocycles. The van der Waals surface area contributed by atoms with E-state index in [1.54, 1.807) is 18.5 Å². The van der Waals surface area contributed by atoms with Crippen LogP contribution < -0.4 is 5.56 Å². The van der Waals surface area contributed by atoms with Crippen molar-refractivity contribution in [2.45, 2.75) is 0 Å². The van der Waals surface area contributed by atoms with E-state index in [0.29, 0.717) is 16.1 Å². The average molecular weight is 283 g/mol. The lowest BCUT2D eigenvalue weighted by atomic mass is 10.0. The Balaban J connectivity index is 2.18. The Labute approximate surface area is 120 Å². The molecule has 3 rings (SSSR count). The zero-order valence-electron chi connectivity index (χ0n) is 10.5. The molecule has 0 aliphatic rings. The molecule has 0 unspecified atom stereocenters. The van der Waals surface area contributed by atoms with Crippen LogP contribution in [0.4, 0.5) is 0 Å². The van der Waals surface area contributed by atoms with E-state index in [2.05, 4.69) is 9.97 Å². The van der Waals surface area contributed by atoms with E-state index >= 15 is 0 Å². The van der Waals surface area contributed by atoms with Gasteiger partial charge in [-0.2, -0.15) is 0 Å². The first-order chi connectivity index (χ1) is 9.75. The Kier molecular flexibility index (Phi) is 3.35. The minimum Gasteiger partial charge on any atom is -0.328 e. The molecular formula is C16H11ClN2O. The molecule has 0 radical (unpaired) electrons.